The Morgan fingerprint density at radius 2 is 1.91 bits per heavy atom. The van der Waals surface area contributed by atoms with E-state index in [1.54, 1.807) is 18.2 Å². The molecular weight excluding hydrogens is 298 g/mol. The van der Waals surface area contributed by atoms with E-state index >= 15 is 0 Å². The topological polar surface area (TPSA) is 75.1 Å². The number of aliphatic hydroxyl groups excluding tert-OH is 1. The van der Waals surface area contributed by atoms with Gasteiger partial charge in [0.25, 0.3) is 5.91 Å². The van der Waals surface area contributed by atoms with E-state index in [9.17, 15) is 9.90 Å². The van der Waals surface area contributed by atoms with Crippen LogP contribution >= 0.6 is 11.7 Å². The largest absolute Gasteiger partial charge is 0.388 e. The van der Waals surface area contributed by atoms with Crippen molar-refractivity contribution in [2.75, 3.05) is 6.54 Å². The second-order valence-electron chi connectivity index (χ2n) is 4.94. The molecular formula is C16H15N3O2S. The second kappa shape index (κ2) is 6.64. The zero-order valence-corrected chi connectivity index (χ0v) is 12.6. The highest BCUT2D eigenvalue weighted by molar-refractivity contribution is 7.00. The lowest BCUT2D eigenvalue weighted by atomic mass is 10.1. The van der Waals surface area contributed by atoms with Gasteiger partial charge in [0.1, 0.15) is 11.0 Å². The van der Waals surface area contributed by atoms with Crippen LogP contribution in [0.25, 0.3) is 11.0 Å². The molecule has 0 aliphatic heterocycles. The maximum atomic E-state index is 12.1. The number of aliphatic hydroxyl groups is 1. The number of carbonyl (C=O) groups is 1. The first-order valence-electron chi connectivity index (χ1n) is 6.97. The van der Waals surface area contributed by atoms with Gasteiger partial charge in [0.05, 0.1) is 17.8 Å². The lowest BCUT2D eigenvalue weighted by molar-refractivity contribution is 0.0943. The van der Waals surface area contributed by atoms with E-state index in [0.717, 1.165) is 28.3 Å². The summed E-state index contributed by atoms with van der Waals surface area (Å²) in [6.07, 6.45) is -0.109. The SMILES string of the molecule is O=C(NCC[C@@H](O)c1ccccc1)c1ccc2nsnc2c1. The van der Waals surface area contributed by atoms with E-state index in [1.807, 2.05) is 30.3 Å². The van der Waals surface area contributed by atoms with E-state index in [-0.39, 0.29) is 5.91 Å². The molecule has 2 N–H and O–H groups in total. The fourth-order valence-corrected chi connectivity index (χ4v) is 2.71. The first-order chi connectivity index (χ1) is 10.7. The van der Waals surface area contributed by atoms with Crippen molar-refractivity contribution < 1.29 is 9.90 Å². The fraction of sp³-hybridized carbons (Fsp3) is 0.188. The van der Waals surface area contributed by atoms with E-state index in [0.29, 0.717) is 18.5 Å². The Kier molecular flexibility index (Phi) is 4.41. The molecule has 0 spiro atoms. The van der Waals surface area contributed by atoms with Gasteiger partial charge in [-0.2, -0.15) is 8.75 Å². The summed E-state index contributed by atoms with van der Waals surface area (Å²) in [7, 11) is 0. The average molecular weight is 313 g/mol. The molecule has 1 aromatic heterocycles. The Balaban J connectivity index is 1.56. The van der Waals surface area contributed by atoms with Crippen molar-refractivity contribution in [1.29, 1.82) is 0 Å². The van der Waals surface area contributed by atoms with Crippen LogP contribution in [0.1, 0.15) is 28.4 Å². The lowest BCUT2D eigenvalue weighted by Gasteiger charge is -2.11. The van der Waals surface area contributed by atoms with Crippen molar-refractivity contribution in [3.8, 4) is 0 Å². The molecule has 1 amide bonds. The molecule has 1 atom stereocenters. The second-order valence-corrected chi connectivity index (χ2v) is 5.47. The van der Waals surface area contributed by atoms with Crippen LogP contribution in [0.3, 0.4) is 0 Å². The minimum absolute atomic E-state index is 0.171. The van der Waals surface area contributed by atoms with Gasteiger partial charge in [-0.25, -0.2) is 0 Å². The first kappa shape index (κ1) is 14.6. The van der Waals surface area contributed by atoms with Crippen LogP contribution in [0.15, 0.2) is 48.5 Å². The third kappa shape index (κ3) is 3.29. The van der Waals surface area contributed by atoms with Gasteiger partial charge in [0, 0.05) is 12.1 Å². The Morgan fingerprint density at radius 3 is 2.73 bits per heavy atom. The summed E-state index contributed by atoms with van der Waals surface area (Å²) < 4.78 is 8.22. The quantitative estimate of drug-likeness (QED) is 0.759. The van der Waals surface area contributed by atoms with Crippen LogP contribution in [0.2, 0.25) is 0 Å². The Bertz CT molecular complexity index is 773. The highest BCUT2D eigenvalue weighted by Gasteiger charge is 2.10. The van der Waals surface area contributed by atoms with Crippen molar-refractivity contribution in [2.24, 2.45) is 0 Å². The summed E-state index contributed by atoms with van der Waals surface area (Å²) in [6.45, 7) is 0.405. The molecule has 3 rings (SSSR count). The zero-order valence-electron chi connectivity index (χ0n) is 11.8. The van der Waals surface area contributed by atoms with Crippen molar-refractivity contribution in [3.63, 3.8) is 0 Å². The molecule has 0 unspecified atom stereocenters. The number of carbonyl (C=O) groups excluding carboxylic acids is 1. The molecule has 112 valence electrons. The van der Waals surface area contributed by atoms with Gasteiger partial charge in [-0.15, -0.1) is 0 Å². The van der Waals surface area contributed by atoms with Crippen molar-refractivity contribution in [3.05, 3.63) is 59.7 Å². The smallest absolute Gasteiger partial charge is 0.251 e. The standard InChI is InChI=1S/C16H15N3O2S/c20-15(11-4-2-1-3-5-11)8-9-17-16(21)12-6-7-13-14(10-12)19-22-18-13/h1-7,10,15,20H,8-9H2,(H,17,21)/t15-/m1/s1. The van der Waals surface area contributed by atoms with Crippen LogP contribution in [-0.2, 0) is 0 Å². The average Bonchev–Trinajstić information content (AvgIpc) is 3.03. The normalized spacial score (nSPS) is 12.2. The fourth-order valence-electron chi connectivity index (χ4n) is 2.19. The van der Waals surface area contributed by atoms with Gasteiger partial charge in [0.15, 0.2) is 0 Å². The van der Waals surface area contributed by atoms with Crippen molar-refractivity contribution in [1.82, 2.24) is 14.1 Å². The van der Waals surface area contributed by atoms with Gasteiger partial charge in [-0.1, -0.05) is 30.3 Å². The summed E-state index contributed by atoms with van der Waals surface area (Å²) in [6, 6.07) is 14.6. The summed E-state index contributed by atoms with van der Waals surface area (Å²) in [5.74, 6) is -0.171. The van der Waals surface area contributed by atoms with Crippen LogP contribution in [0.4, 0.5) is 0 Å². The number of nitrogens with one attached hydrogen (secondary N) is 1. The summed E-state index contributed by atoms with van der Waals surface area (Å²) in [4.78, 5) is 12.1. The van der Waals surface area contributed by atoms with Gasteiger partial charge >= 0.3 is 0 Å². The summed E-state index contributed by atoms with van der Waals surface area (Å²) >= 11 is 1.13. The van der Waals surface area contributed by atoms with Gasteiger partial charge in [0.2, 0.25) is 0 Å². The van der Waals surface area contributed by atoms with Crippen LogP contribution in [0.5, 0.6) is 0 Å². The van der Waals surface area contributed by atoms with Crippen molar-refractivity contribution >= 4 is 28.7 Å². The van der Waals surface area contributed by atoms with Crippen molar-refractivity contribution in [2.45, 2.75) is 12.5 Å². The third-order valence-electron chi connectivity index (χ3n) is 3.40. The maximum Gasteiger partial charge on any atom is 0.251 e. The number of aromatic nitrogens is 2. The van der Waals surface area contributed by atoms with Gasteiger partial charge in [-0.3, -0.25) is 4.79 Å². The van der Waals surface area contributed by atoms with Gasteiger partial charge in [-0.05, 0) is 30.2 Å². The van der Waals surface area contributed by atoms with Crippen LogP contribution in [0, 0.1) is 0 Å². The molecule has 0 fully saturated rings. The number of hydrogen-bond acceptors (Lipinski definition) is 5. The lowest BCUT2D eigenvalue weighted by Crippen LogP contribution is -2.25. The Hall–Kier alpha value is -2.31. The molecule has 0 bridgehead atoms. The van der Waals surface area contributed by atoms with Crippen LogP contribution in [-0.4, -0.2) is 26.3 Å². The third-order valence-corrected chi connectivity index (χ3v) is 3.96. The number of rotatable bonds is 5. The predicted molar refractivity (Wildman–Crippen MR) is 85.8 cm³/mol. The molecule has 0 aliphatic carbocycles. The minimum Gasteiger partial charge on any atom is -0.388 e. The number of nitrogens with zero attached hydrogens (tertiary/aromatic N) is 2. The zero-order chi connectivity index (χ0) is 15.4. The Labute approximate surface area is 131 Å². The molecule has 0 saturated heterocycles. The minimum atomic E-state index is -0.577. The van der Waals surface area contributed by atoms with E-state index in [2.05, 4.69) is 14.1 Å². The summed E-state index contributed by atoms with van der Waals surface area (Å²) in [5, 5.41) is 12.9. The first-order valence-corrected chi connectivity index (χ1v) is 7.70. The monoisotopic (exact) mass is 313 g/mol. The predicted octanol–water partition coefficient (Wildman–Crippen LogP) is 2.54. The van der Waals surface area contributed by atoms with E-state index in [4.69, 9.17) is 0 Å². The summed E-state index contributed by atoms with van der Waals surface area (Å²) in [5.41, 5.74) is 2.92. The molecule has 2 aromatic carbocycles. The molecule has 6 heteroatoms. The van der Waals surface area contributed by atoms with Gasteiger partial charge < -0.3 is 10.4 Å². The van der Waals surface area contributed by atoms with Crippen LogP contribution < -0.4 is 5.32 Å². The number of fused-ring (bicyclic) bond motifs is 1. The van der Waals surface area contributed by atoms with E-state index in [1.165, 1.54) is 0 Å². The number of hydrogen-bond donors (Lipinski definition) is 2. The Morgan fingerprint density at radius 1 is 1.14 bits per heavy atom. The van der Waals surface area contributed by atoms with E-state index < -0.39 is 6.10 Å². The molecule has 0 radical (unpaired) electrons. The highest BCUT2D eigenvalue weighted by Crippen LogP contribution is 2.16. The molecule has 1 heterocycles. The molecule has 0 saturated carbocycles. The maximum absolute atomic E-state index is 12.1. The molecule has 22 heavy (non-hydrogen) atoms. The molecule has 0 aliphatic rings. The molecule has 5 nitrogen and oxygen atoms in total. The number of amides is 1. The molecule has 3 aromatic rings. The highest BCUT2D eigenvalue weighted by atomic mass is 32.1. The number of benzene rings is 2.